The molecule has 0 spiro atoms. The molecule has 6 N–H and O–H groups in total. The molecule has 3 unspecified atom stereocenters. The first-order chi connectivity index (χ1) is 16.3. The van der Waals surface area contributed by atoms with Gasteiger partial charge in [0.1, 0.15) is 18.3 Å². The van der Waals surface area contributed by atoms with Gasteiger partial charge < -0.3 is 20.3 Å². The number of nitrogens with one attached hydrogen (secondary N) is 4. The van der Waals surface area contributed by atoms with Gasteiger partial charge in [-0.2, -0.15) is 0 Å². The fraction of sp³-hybridized carbons (Fsp3) is 0.760. The van der Waals surface area contributed by atoms with Crippen LogP contribution in [-0.2, 0) is 11.3 Å². The number of nitrogens with zero attached hydrogens (tertiary/aromatic N) is 1. The van der Waals surface area contributed by atoms with E-state index in [1.165, 1.54) is 44.2 Å². The van der Waals surface area contributed by atoms with Crippen molar-refractivity contribution in [2.75, 3.05) is 33.5 Å². The highest BCUT2D eigenvalue weighted by Crippen LogP contribution is 2.23. The number of rotatable bonds is 13. The Balaban J connectivity index is 1.51. The van der Waals surface area contributed by atoms with E-state index in [1.54, 1.807) is 19.2 Å². The summed E-state index contributed by atoms with van der Waals surface area (Å²) in [6.45, 7) is 6.83. The third-order valence-electron chi connectivity index (χ3n) is 7.15. The zero-order valence-corrected chi connectivity index (χ0v) is 20.9. The Kier molecular flexibility index (Phi) is 10.7. The summed E-state index contributed by atoms with van der Waals surface area (Å²) in [6, 6.07) is 6.04. The summed E-state index contributed by atoms with van der Waals surface area (Å²) >= 11 is 0. The van der Waals surface area contributed by atoms with Crippen molar-refractivity contribution in [1.29, 1.82) is 0 Å². The third kappa shape index (κ3) is 8.49. The van der Waals surface area contributed by atoms with Crippen LogP contribution in [0, 0.1) is 11.7 Å². The molecular weight excluding hydrogens is 437 g/mol. The number of ether oxygens (including phenoxy) is 1. The first-order valence-corrected chi connectivity index (χ1v) is 12.6. The van der Waals surface area contributed by atoms with Crippen LogP contribution >= 0.6 is 0 Å². The van der Waals surface area contributed by atoms with Gasteiger partial charge in [-0.05, 0) is 57.4 Å². The van der Waals surface area contributed by atoms with Crippen LogP contribution < -0.4 is 21.3 Å². The molecule has 0 aromatic heterocycles. The minimum Gasteiger partial charge on any atom is -0.379 e. The molecular formula is C25H44FN5O3. The summed E-state index contributed by atoms with van der Waals surface area (Å²) in [5, 5.41) is 34.6. The van der Waals surface area contributed by atoms with Gasteiger partial charge in [0.05, 0.1) is 24.4 Å². The molecule has 2 fully saturated rings. The van der Waals surface area contributed by atoms with Crippen molar-refractivity contribution in [3.8, 4) is 0 Å². The molecule has 0 bridgehead atoms. The van der Waals surface area contributed by atoms with Gasteiger partial charge in [-0.25, -0.2) is 4.39 Å². The highest BCUT2D eigenvalue weighted by atomic mass is 19.1. The molecule has 34 heavy (non-hydrogen) atoms. The van der Waals surface area contributed by atoms with Crippen molar-refractivity contribution < 1.29 is 19.3 Å². The molecule has 194 valence electrons. The third-order valence-corrected chi connectivity index (χ3v) is 7.15. The summed E-state index contributed by atoms with van der Waals surface area (Å²) in [7, 11) is 1.80. The molecule has 1 saturated carbocycles. The lowest BCUT2D eigenvalue weighted by atomic mass is 9.90. The molecule has 2 aliphatic rings. The van der Waals surface area contributed by atoms with E-state index in [9.17, 15) is 14.6 Å². The van der Waals surface area contributed by atoms with Crippen molar-refractivity contribution in [2.45, 2.75) is 82.7 Å². The maximum atomic E-state index is 13.2. The first kappa shape index (κ1) is 27.4. The van der Waals surface area contributed by atoms with Crippen LogP contribution in [0.2, 0.25) is 0 Å². The molecule has 4 atom stereocenters. The second-order valence-corrected chi connectivity index (χ2v) is 10.4. The Hall–Kier alpha value is -1.17. The first-order valence-electron chi connectivity index (χ1n) is 12.6. The standard InChI is InChI=1S/C25H44FN5O3/c1-25(2,27-3)24(33)29-21(16-34-15-19-7-5-4-6-8-19)23(32)30-22-14-31(17-28-22)13-18-9-11-20(26)12-10-18/h9-12,19,21-24,27-30,32-33H,4-8,13-17H2,1-3H3/t21-,22?,23?,24?/m1/s1. The van der Waals surface area contributed by atoms with Gasteiger partial charge in [-0.3, -0.25) is 20.9 Å². The molecule has 1 aromatic rings. The van der Waals surface area contributed by atoms with E-state index >= 15 is 0 Å². The molecule has 8 nitrogen and oxygen atoms in total. The van der Waals surface area contributed by atoms with Gasteiger partial charge in [-0.15, -0.1) is 0 Å². The minimum absolute atomic E-state index is 0.118. The van der Waals surface area contributed by atoms with Crippen LogP contribution in [-0.4, -0.2) is 78.8 Å². The molecule has 1 aliphatic heterocycles. The molecule has 3 rings (SSSR count). The lowest BCUT2D eigenvalue weighted by Crippen LogP contribution is -2.63. The van der Waals surface area contributed by atoms with Crippen molar-refractivity contribution in [2.24, 2.45) is 5.92 Å². The summed E-state index contributed by atoms with van der Waals surface area (Å²) in [5.74, 6) is 0.341. The van der Waals surface area contributed by atoms with E-state index in [0.717, 1.165) is 5.56 Å². The van der Waals surface area contributed by atoms with Gasteiger partial charge in [0.25, 0.3) is 0 Å². The minimum atomic E-state index is -0.920. The second-order valence-electron chi connectivity index (χ2n) is 10.4. The highest BCUT2D eigenvalue weighted by molar-refractivity contribution is 5.16. The molecule has 0 radical (unpaired) electrons. The smallest absolute Gasteiger partial charge is 0.123 e. The van der Waals surface area contributed by atoms with Crippen LogP contribution in [0.3, 0.4) is 0 Å². The van der Waals surface area contributed by atoms with Crippen molar-refractivity contribution in [1.82, 2.24) is 26.2 Å². The van der Waals surface area contributed by atoms with Gasteiger partial charge in [0.15, 0.2) is 0 Å². The fourth-order valence-corrected chi connectivity index (χ4v) is 4.52. The predicted octanol–water partition coefficient (Wildman–Crippen LogP) is 1.29. The van der Waals surface area contributed by atoms with Crippen LogP contribution in [0.25, 0.3) is 0 Å². The molecule has 1 saturated heterocycles. The van der Waals surface area contributed by atoms with Gasteiger partial charge >= 0.3 is 0 Å². The van der Waals surface area contributed by atoms with Gasteiger partial charge in [-0.1, -0.05) is 31.4 Å². The van der Waals surface area contributed by atoms with Crippen LogP contribution in [0.5, 0.6) is 0 Å². The zero-order valence-electron chi connectivity index (χ0n) is 20.9. The van der Waals surface area contributed by atoms with Gasteiger partial charge in [0, 0.05) is 26.4 Å². The van der Waals surface area contributed by atoms with E-state index in [1.807, 2.05) is 13.8 Å². The number of aliphatic hydroxyl groups excluding tert-OH is 2. The van der Waals surface area contributed by atoms with E-state index in [4.69, 9.17) is 4.74 Å². The highest BCUT2D eigenvalue weighted by Gasteiger charge is 2.33. The van der Waals surface area contributed by atoms with Crippen molar-refractivity contribution in [3.05, 3.63) is 35.6 Å². The largest absolute Gasteiger partial charge is 0.379 e. The van der Waals surface area contributed by atoms with E-state index in [2.05, 4.69) is 26.2 Å². The van der Waals surface area contributed by atoms with Gasteiger partial charge in [0.2, 0.25) is 0 Å². The van der Waals surface area contributed by atoms with Crippen molar-refractivity contribution >= 4 is 0 Å². The summed E-state index contributed by atoms with van der Waals surface area (Å²) in [4.78, 5) is 2.19. The topological polar surface area (TPSA) is 101 Å². The zero-order chi connectivity index (χ0) is 24.6. The molecule has 1 heterocycles. The Morgan fingerprint density at radius 2 is 1.88 bits per heavy atom. The average molecular weight is 482 g/mol. The van der Waals surface area contributed by atoms with Crippen LogP contribution in [0.1, 0.15) is 51.5 Å². The van der Waals surface area contributed by atoms with E-state index < -0.39 is 24.0 Å². The summed E-state index contributed by atoms with van der Waals surface area (Å²) in [5.41, 5.74) is 0.469. The van der Waals surface area contributed by atoms with E-state index in [-0.39, 0.29) is 12.0 Å². The molecule has 1 aromatic carbocycles. The fourth-order valence-electron chi connectivity index (χ4n) is 4.52. The Labute approximate surface area is 203 Å². The number of benzene rings is 1. The lowest BCUT2D eigenvalue weighted by molar-refractivity contribution is -0.0296. The van der Waals surface area contributed by atoms with E-state index in [0.29, 0.717) is 38.9 Å². The SMILES string of the molecule is CNC(C)(C)C(O)N[C@H](COCC1CCCCC1)C(O)NC1CN(Cc2ccc(F)cc2)CN1. The Morgan fingerprint density at radius 1 is 1.18 bits per heavy atom. The normalized spacial score (nSPS) is 23.2. The summed E-state index contributed by atoms with van der Waals surface area (Å²) < 4.78 is 19.2. The monoisotopic (exact) mass is 481 g/mol. The number of aliphatic hydroxyl groups is 2. The van der Waals surface area contributed by atoms with Crippen LogP contribution in [0.4, 0.5) is 4.39 Å². The van der Waals surface area contributed by atoms with Crippen molar-refractivity contribution in [3.63, 3.8) is 0 Å². The summed E-state index contributed by atoms with van der Waals surface area (Å²) in [6.07, 6.45) is 4.32. The molecule has 9 heteroatoms. The number of hydrogen-bond donors (Lipinski definition) is 6. The molecule has 1 aliphatic carbocycles. The maximum absolute atomic E-state index is 13.2. The Morgan fingerprint density at radius 3 is 2.56 bits per heavy atom. The second kappa shape index (κ2) is 13.2. The number of likely N-dealkylation sites (N-methyl/N-ethyl adjacent to an activating group) is 1. The number of halogens is 1. The quantitative estimate of drug-likeness (QED) is 0.235. The Bertz CT molecular complexity index is 717. The van der Waals surface area contributed by atoms with Crippen LogP contribution in [0.15, 0.2) is 24.3 Å². The molecule has 0 amide bonds. The maximum Gasteiger partial charge on any atom is 0.123 e. The predicted molar refractivity (Wildman–Crippen MR) is 131 cm³/mol. The average Bonchev–Trinajstić information content (AvgIpc) is 3.27. The number of hydrogen-bond acceptors (Lipinski definition) is 8. The lowest BCUT2D eigenvalue weighted by Gasteiger charge is -2.36.